The van der Waals surface area contributed by atoms with E-state index in [0.717, 1.165) is 37.1 Å². The number of Topliss-reactive ketones (excluding diaryl/α,β-unsaturated/α-hetero) is 1. The third-order valence-corrected chi connectivity index (χ3v) is 7.76. The van der Waals surface area contributed by atoms with Gasteiger partial charge in [0.2, 0.25) is 0 Å². The van der Waals surface area contributed by atoms with Crippen molar-refractivity contribution in [3.05, 3.63) is 119 Å². The molecule has 4 heteroatoms. The number of ketones is 1. The van der Waals surface area contributed by atoms with Crippen LogP contribution in [0, 0.1) is 0 Å². The molecule has 2 heterocycles. The van der Waals surface area contributed by atoms with Crippen LogP contribution >= 0.6 is 11.3 Å². The molecule has 0 spiro atoms. The summed E-state index contributed by atoms with van der Waals surface area (Å²) in [6.07, 6.45) is 0.952. The number of aliphatic hydroxyl groups excluding tert-OH is 1. The number of rotatable bonds is 2. The summed E-state index contributed by atoms with van der Waals surface area (Å²) in [5.41, 5.74) is 3.98. The maximum atomic E-state index is 13.3. The zero-order chi connectivity index (χ0) is 22.8. The second-order valence-corrected chi connectivity index (χ2v) is 9.74. The van der Waals surface area contributed by atoms with E-state index in [9.17, 15) is 9.90 Å². The molecular formula is C30H19NO2S. The quantitative estimate of drug-likeness (QED) is 0.277. The van der Waals surface area contributed by atoms with Gasteiger partial charge in [0, 0.05) is 32.5 Å². The molecule has 0 saturated heterocycles. The second-order valence-electron chi connectivity index (χ2n) is 8.67. The summed E-state index contributed by atoms with van der Waals surface area (Å²) in [6, 6.07) is 32.6. The van der Waals surface area contributed by atoms with Crippen LogP contribution in [0.25, 0.3) is 43.7 Å². The number of nitrogens with zero attached hydrogens (tertiary/aromatic N) is 1. The summed E-state index contributed by atoms with van der Waals surface area (Å²) in [4.78, 5) is 15.4. The lowest BCUT2D eigenvalue weighted by molar-refractivity contribution is 0.102. The van der Waals surface area contributed by atoms with Gasteiger partial charge in [-0.2, -0.15) is 0 Å². The molecule has 162 valence electrons. The fourth-order valence-electron chi connectivity index (χ4n) is 5.10. The maximum Gasteiger partial charge on any atom is 0.192 e. The van der Waals surface area contributed by atoms with Crippen LogP contribution in [-0.4, -0.2) is 15.5 Å². The summed E-state index contributed by atoms with van der Waals surface area (Å²) in [5, 5.41) is 15.4. The fraction of sp³-hybridized carbons (Fsp3) is 0.0333. The highest BCUT2D eigenvalue weighted by molar-refractivity contribution is 7.19. The Morgan fingerprint density at radius 3 is 2.32 bits per heavy atom. The summed E-state index contributed by atoms with van der Waals surface area (Å²) >= 11 is 1.64. The van der Waals surface area contributed by atoms with Crippen molar-refractivity contribution >= 4 is 55.1 Å². The molecule has 0 radical (unpaired) electrons. The van der Waals surface area contributed by atoms with Crippen LogP contribution in [0.5, 0.6) is 0 Å². The minimum Gasteiger partial charge on any atom is -0.383 e. The van der Waals surface area contributed by atoms with Gasteiger partial charge in [-0.05, 0) is 58.8 Å². The van der Waals surface area contributed by atoms with Gasteiger partial charge in [0.1, 0.15) is 10.9 Å². The van der Waals surface area contributed by atoms with Crippen LogP contribution in [-0.2, 0) is 0 Å². The van der Waals surface area contributed by atoms with E-state index in [2.05, 4.69) is 47.0 Å². The van der Waals surface area contributed by atoms with E-state index < -0.39 is 6.10 Å². The highest BCUT2D eigenvalue weighted by Gasteiger charge is 2.33. The van der Waals surface area contributed by atoms with Gasteiger partial charge in [0.05, 0.1) is 5.52 Å². The minimum atomic E-state index is -0.915. The number of benzene rings is 4. The molecule has 1 atom stereocenters. The van der Waals surface area contributed by atoms with Crippen LogP contribution in [0.1, 0.15) is 26.9 Å². The first-order chi connectivity index (χ1) is 16.7. The molecule has 0 aliphatic heterocycles. The number of aliphatic hydroxyl groups is 1. The lowest BCUT2D eigenvalue weighted by Crippen LogP contribution is -1.98. The van der Waals surface area contributed by atoms with Gasteiger partial charge >= 0.3 is 0 Å². The second kappa shape index (κ2) is 7.26. The highest BCUT2D eigenvalue weighted by atomic mass is 32.1. The van der Waals surface area contributed by atoms with Crippen molar-refractivity contribution in [1.29, 1.82) is 0 Å². The normalized spacial score (nSPS) is 16.8. The van der Waals surface area contributed by atoms with Gasteiger partial charge in [-0.15, -0.1) is 11.3 Å². The van der Waals surface area contributed by atoms with Crippen LogP contribution in [0.15, 0.2) is 103 Å². The predicted molar refractivity (Wildman–Crippen MR) is 140 cm³/mol. The first kappa shape index (κ1) is 19.5. The average Bonchev–Trinajstić information content (AvgIpc) is 3.49. The summed E-state index contributed by atoms with van der Waals surface area (Å²) in [7, 11) is 0. The molecule has 4 aromatic carbocycles. The third-order valence-electron chi connectivity index (χ3n) is 6.70. The number of carbonyl (C=O) groups excluding carboxylic acids is 1. The van der Waals surface area contributed by atoms with Crippen molar-refractivity contribution in [3.63, 3.8) is 0 Å². The van der Waals surface area contributed by atoms with E-state index >= 15 is 0 Å². The Morgan fingerprint density at radius 1 is 0.794 bits per heavy atom. The molecule has 34 heavy (non-hydrogen) atoms. The van der Waals surface area contributed by atoms with E-state index in [1.54, 1.807) is 11.3 Å². The van der Waals surface area contributed by atoms with E-state index in [-0.39, 0.29) is 5.78 Å². The molecule has 1 N–H and O–H groups in total. The topological polar surface area (TPSA) is 42.2 Å². The van der Waals surface area contributed by atoms with E-state index in [1.807, 2.05) is 60.7 Å². The molecule has 7 rings (SSSR count). The Hall–Kier alpha value is -3.99. The van der Waals surface area contributed by atoms with Gasteiger partial charge in [-0.25, -0.2) is 0 Å². The van der Waals surface area contributed by atoms with E-state index in [4.69, 9.17) is 0 Å². The Balaban J connectivity index is 1.40. The zero-order valence-corrected chi connectivity index (χ0v) is 18.9. The van der Waals surface area contributed by atoms with Crippen LogP contribution in [0.4, 0.5) is 0 Å². The molecule has 6 aromatic rings. The number of thiophene rings is 1. The summed E-state index contributed by atoms with van der Waals surface area (Å²) < 4.78 is 2.27. The number of hydrogen-bond donors (Lipinski definition) is 1. The number of hydrogen-bond acceptors (Lipinski definition) is 3. The molecule has 3 nitrogen and oxygen atoms in total. The Labute approximate surface area is 199 Å². The average molecular weight is 458 g/mol. The molecule has 1 unspecified atom stereocenters. The fourth-order valence-corrected chi connectivity index (χ4v) is 6.25. The monoisotopic (exact) mass is 457 g/mol. The van der Waals surface area contributed by atoms with Crippen molar-refractivity contribution in [1.82, 2.24) is 4.57 Å². The third kappa shape index (κ3) is 2.76. The summed E-state index contributed by atoms with van der Waals surface area (Å²) in [6.45, 7) is 0. The lowest BCUT2D eigenvalue weighted by atomic mass is 10.0. The van der Waals surface area contributed by atoms with Crippen molar-refractivity contribution < 1.29 is 9.90 Å². The number of carbonyl (C=O) groups is 1. The predicted octanol–water partition coefficient (Wildman–Crippen LogP) is 7.31. The van der Waals surface area contributed by atoms with Crippen molar-refractivity contribution in [2.75, 3.05) is 0 Å². The SMILES string of the molecule is O=C1/C(=C/c2cc3c4ccccc4n(-c4ccccc4)c3s2)C(O)c2cc3ccccc3cc21. The molecule has 2 aromatic heterocycles. The van der Waals surface area contributed by atoms with Crippen LogP contribution < -0.4 is 0 Å². The number of fused-ring (bicyclic) bond motifs is 5. The van der Waals surface area contributed by atoms with Crippen molar-refractivity contribution in [3.8, 4) is 5.69 Å². The first-order valence-corrected chi connectivity index (χ1v) is 12.1. The largest absolute Gasteiger partial charge is 0.383 e. The molecule has 1 aliphatic rings. The minimum absolute atomic E-state index is 0.0953. The van der Waals surface area contributed by atoms with Gasteiger partial charge in [-0.3, -0.25) is 4.79 Å². The first-order valence-electron chi connectivity index (χ1n) is 11.2. The van der Waals surface area contributed by atoms with Crippen molar-refractivity contribution in [2.24, 2.45) is 0 Å². The standard InChI is InChI=1S/C30H19NO2S/c32-28-23-14-18-8-4-5-9-19(18)15-24(23)29(33)26(28)17-21-16-25-22-12-6-7-13-27(22)31(30(25)34-21)20-10-2-1-3-11-20/h1-17,28,32H/b26-17+. The molecule has 0 fully saturated rings. The van der Waals surface area contributed by atoms with Crippen molar-refractivity contribution in [2.45, 2.75) is 6.10 Å². The van der Waals surface area contributed by atoms with Crippen LogP contribution in [0.2, 0.25) is 0 Å². The molecule has 0 saturated carbocycles. The molecule has 0 amide bonds. The maximum absolute atomic E-state index is 13.3. The molecular weight excluding hydrogens is 438 g/mol. The van der Waals surface area contributed by atoms with Gasteiger partial charge < -0.3 is 9.67 Å². The Bertz CT molecular complexity index is 1790. The number of para-hydroxylation sites is 2. The van der Waals surface area contributed by atoms with Gasteiger partial charge in [0.25, 0.3) is 0 Å². The van der Waals surface area contributed by atoms with E-state index in [1.165, 1.54) is 5.39 Å². The van der Waals surface area contributed by atoms with Gasteiger partial charge in [-0.1, -0.05) is 60.7 Å². The Morgan fingerprint density at radius 2 is 1.50 bits per heavy atom. The van der Waals surface area contributed by atoms with Gasteiger partial charge in [0.15, 0.2) is 5.78 Å². The number of aromatic nitrogens is 1. The highest BCUT2D eigenvalue weighted by Crippen LogP contribution is 2.42. The summed E-state index contributed by atoms with van der Waals surface area (Å²) in [5.74, 6) is -0.0953. The zero-order valence-electron chi connectivity index (χ0n) is 18.1. The van der Waals surface area contributed by atoms with E-state index in [0.29, 0.717) is 16.7 Å². The molecule has 0 bridgehead atoms. The smallest absolute Gasteiger partial charge is 0.192 e. The Kier molecular flexibility index (Phi) is 4.16. The van der Waals surface area contributed by atoms with Crippen LogP contribution in [0.3, 0.4) is 0 Å². The lowest BCUT2D eigenvalue weighted by Gasteiger charge is -2.06. The molecule has 1 aliphatic carbocycles.